The minimum absolute atomic E-state index is 0.0366. The smallest absolute Gasteiger partial charge is 0.237 e. The molecule has 1 amide bonds. The minimum Gasteiger partial charge on any atom is -0.372 e. The summed E-state index contributed by atoms with van der Waals surface area (Å²) >= 11 is 1.58. The van der Waals surface area contributed by atoms with Crippen LogP contribution < -0.4 is 10.2 Å². The molecule has 1 aliphatic heterocycles. The molecule has 0 aromatic heterocycles. The molecule has 0 radical (unpaired) electrons. The third-order valence-electron chi connectivity index (χ3n) is 4.31. The monoisotopic (exact) mass is 340 g/mol. The number of hydrogen-bond acceptors (Lipinski definition) is 3. The maximum atomic E-state index is 12.4. The Balaban J connectivity index is 1.56. The Morgan fingerprint density at radius 1 is 1.04 bits per heavy atom. The maximum Gasteiger partial charge on any atom is 0.237 e. The zero-order valence-electron chi connectivity index (χ0n) is 14.3. The van der Waals surface area contributed by atoms with Crippen LogP contribution >= 0.6 is 11.8 Å². The largest absolute Gasteiger partial charge is 0.372 e. The normalized spacial score (nSPS) is 15.3. The number of anilines is 2. The second-order valence-corrected chi connectivity index (χ2v) is 7.72. The van der Waals surface area contributed by atoms with Gasteiger partial charge in [0.05, 0.1) is 5.25 Å². The third-order valence-corrected chi connectivity index (χ3v) is 5.42. The van der Waals surface area contributed by atoms with Crippen LogP contribution in [-0.2, 0) is 4.79 Å². The highest BCUT2D eigenvalue weighted by Crippen LogP contribution is 2.25. The van der Waals surface area contributed by atoms with Crippen LogP contribution in [0.1, 0.15) is 25.3 Å². The number of thioether (sulfide) groups is 1. The van der Waals surface area contributed by atoms with E-state index < -0.39 is 0 Å². The van der Waals surface area contributed by atoms with E-state index in [9.17, 15) is 4.79 Å². The van der Waals surface area contributed by atoms with E-state index in [0.717, 1.165) is 23.7 Å². The molecular formula is C20H24N2OS. The molecule has 126 valence electrons. The fourth-order valence-corrected chi connectivity index (χ4v) is 3.72. The molecule has 0 unspecified atom stereocenters. The Kier molecular flexibility index (Phi) is 5.46. The van der Waals surface area contributed by atoms with Crippen LogP contribution in [-0.4, -0.2) is 24.2 Å². The standard InChI is InChI=1S/C20H24N2OS/c1-15-5-11-19(12-6-15)24-16(2)20(23)21-17-7-9-18(10-8-17)22-13-3-4-14-22/h5-12,16H,3-4,13-14H2,1-2H3,(H,21,23)/t16-/m0/s1. The Bertz CT molecular complexity index is 676. The van der Waals surface area contributed by atoms with Crippen LogP contribution in [0.15, 0.2) is 53.4 Å². The van der Waals surface area contributed by atoms with Gasteiger partial charge in [-0.15, -0.1) is 11.8 Å². The minimum atomic E-state index is -0.133. The van der Waals surface area contributed by atoms with Gasteiger partial charge in [-0.3, -0.25) is 4.79 Å². The predicted octanol–water partition coefficient (Wildman–Crippen LogP) is 4.71. The van der Waals surface area contributed by atoms with Crippen LogP contribution in [0.5, 0.6) is 0 Å². The van der Waals surface area contributed by atoms with E-state index >= 15 is 0 Å². The number of hydrogen-bond donors (Lipinski definition) is 1. The first-order chi connectivity index (χ1) is 11.6. The molecule has 3 nitrogen and oxygen atoms in total. The second kappa shape index (κ2) is 7.75. The van der Waals surface area contributed by atoms with Gasteiger partial charge >= 0.3 is 0 Å². The van der Waals surface area contributed by atoms with Crippen molar-refractivity contribution in [2.75, 3.05) is 23.3 Å². The number of nitrogens with one attached hydrogen (secondary N) is 1. The highest BCUT2D eigenvalue weighted by molar-refractivity contribution is 8.00. The molecular weight excluding hydrogens is 316 g/mol. The molecule has 1 heterocycles. The summed E-state index contributed by atoms with van der Waals surface area (Å²) in [7, 11) is 0. The summed E-state index contributed by atoms with van der Waals surface area (Å²) in [6, 6.07) is 16.5. The Morgan fingerprint density at radius 3 is 2.29 bits per heavy atom. The van der Waals surface area contributed by atoms with Gasteiger partial charge in [-0.05, 0) is 63.1 Å². The van der Waals surface area contributed by atoms with Gasteiger partial charge in [0.2, 0.25) is 5.91 Å². The lowest BCUT2D eigenvalue weighted by atomic mass is 10.2. The van der Waals surface area contributed by atoms with Crippen molar-refractivity contribution in [3.8, 4) is 0 Å². The van der Waals surface area contributed by atoms with Crippen molar-refractivity contribution in [1.29, 1.82) is 0 Å². The molecule has 24 heavy (non-hydrogen) atoms. The SMILES string of the molecule is Cc1ccc(S[C@@H](C)C(=O)Nc2ccc(N3CCCC3)cc2)cc1. The van der Waals surface area contributed by atoms with Gasteiger partial charge in [0.15, 0.2) is 0 Å². The fraction of sp³-hybridized carbons (Fsp3) is 0.350. The summed E-state index contributed by atoms with van der Waals surface area (Å²) < 4.78 is 0. The predicted molar refractivity (Wildman–Crippen MR) is 103 cm³/mol. The summed E-state index contributed by atoms with van der Waals surface area (Å²) in [5.41, 5.74) is 3.33. The topological polar surface area (TPSA) is 32.3 Å². The number of rotatable bonds is 5. The summed E-state index contributed by atoms with van der Waals surface area (Å²) in [6.07, 6.45) is 2.54. The van der Waals surface area contributed by atoms with Crippen LogP contribution in [0.2, 0.25) is 0 Å². The molecule has 2 aromatic rings. The van der Waals surface area contributed by atoms with Crippen LogP contribution in [0.4, 0.5) is 11.4 Å². The number of benzene rings is 2. The second-order valence-electron chi connectivity index (χ2n) is 6.30. The van der Waals surface area contributed by atoms with Crippen LogP contribution in [0.25, 0.3) is 0 Å². The van der Waals surface area contributed by atoms with Gasteiger partial charge in [-0.1, -0.05) is 17.7 Å². The molecule has 4 heteroatoms. The molecule has 2 aromatic carbocycles. The van der Waals surface area contributed by atoms with Gasteiger partial charge < -0.3 is 10.2 Å². The van der Waals surface area contributed by atoms with Gasteiger partial charge in [-0.2, -0.15) is 0 Å². The maximum absolute atomic E-state index is 12.4. The summed E-state index contributed by atoms with van der Waals surface area (Å²) in [5.74, 6) is 0.0366. The van der Waals surface area contributed by atoms with Gasteiger partial charge in [0.1, 0.15) is 0 Å². The lowest BCUT2D eigenvalue weighted by Gasteiger charge is -2.18. The number of nitrogens with zero attached hydrogens (tertiary/aromatic N) is 1. The van der Waals surface area contributed by atoms with Crippen molar-refractivity contribution in [2.24, 2.45) is 0 Å². The van der Waals surface area contributed by atoms with E-state index in [0.29, 0.717) is 0 Å². The molecule has 0 bridgehead atoms. The Hall–Kier alpha value is -1.94. The van der Waals surface area contributed by atoms with E-state index in [1.165, 1.54) is 24.1 Å². The first-order valence-electron chi connectivity index (χ1n) is 8.51. The van der Waals surface area contributed by atoms with Crippen molar-refractivity contribution < 1.29 is 4.79 Å². The lowest BCUT2D eigenvalue weighted by molar-refractivity contribution is -0.115. The molecule has 3 rings (SSSR count). The first kappa shape index (κ1) is 16.9. The van der Waals surface area contributed by atoms with E-state index in [2.05, 4.69) is 53.5 Å². The molecule has 0 aliphatic carbocycles. The van der Waals surface area contributed by atoms with Crippen molar-refractivity contribution in [1.82, 2.24) is 0 Å². The zero-order valence-corrected chi connectivity index (χ0v) is 15.1. The molecule has 0 saturated carbocycles. The first-order valence-corrected chi connectivity index (χ1v) is 9.39. The van der Waals surface area contributed by atoms with Crippen molar-refractivity contribution >= 4 is 29.0 Å². The lowest BCUT2D eigenvalue weighted by Crippen LogP contribution is -2.22. The van der Waals surface area contributed by atoms with E-state index in [1.54, 1.807) is 11.8 Å². The Morgan fingerprint density at radius 2 is 1.67 bits per heavy atom. The number of carbonyl (C=O) groups is 1. The van der Waals surface area contributed by atoms with Crippen LogP contribution in [0, 0.1) is 6.92 Å². The summed E-state index contributed by atoms with van der Waals surface area (Å²) in [4.78, 5) is 15.9. The van der Waals surface area contributed by atoms with E-state index in [1.807, 2.05) is 19.1 Å². The molecule has 1 fully saturated rings. The molecule has 1 saturated heterocycles. The average molecular weight is 340 g/mol. The van der Waals surface area contributed by atoms with Gasteiger partial charge in [-0.25, -0.2) is 0 Å². The van der Waals surface area contributed by atoms with Crippen molar-refractivity contribution in [2.45, 2.75) is 36.8 Å². The molecule has 1 atom stereocenters. The number of carbonyl (C=O) groups excluding carboxylic acids is 1. The molecule has 1 aliphatic rings. The third kappa shape index (κ3) is 4.32. The fourth-order valence-electron chi connectivity index (χ4n) is 2.85. The zero-order chi connectivity index (χ0) is 16.9. The summed E-state index contributed by atoms with van der Waals surface area (Å²) in [5, 5.41) is 2.88. The van der Waals surface area contributed by atoms with E-state index in [4.69, 9.17) is 0 Å². The van der Waals surface area contributed by atoms with Crippen molar-refractivity contribution in [3.05, 3.63) is 54.1 Å². The summed E-state index contributed by atoms with van der Waals surface area (Å²) in [6.45, 7) is 6.28. The average Bonchev–Trinajstić information content (AvgIpc) is 3.12. The molecule has 0 spiro atoms. The quantitative estimate of drug-likeness (QED) is 0.800. The van der Waals surface area contributed by atoms with E-state index in [-0.39, 0.29) is 11.2 Å². The number of amides is 1. The Labute approximate surface area is 148 Å². The van der Waals surface area contributed by atoms with Gasteiger partial charge in [0, 0.05) is 29.4 Å². The van der Waals surface area contributed by atoms with Crippen LogP contribution in [0.3, 0.4) is 0 Å². The molecule has 1 N–H and O–H groups in total. The van der Waals surface area contributed by atoms with Gasteiger partial charge in [0.25, 0.3) is 0 Å². The highest BCUT2D eigenvalue weighted by Gasteiger charge is 2.15. The highest BCUT2D eigenvalue weighted by atomic mass is 32.2. The number of aryl methyl sites for hydroxylation is 1. The van der Waals surface area contributed by atoms with Crippen molar-refractivity contribution in [3.63, 3.8) is 0 Å².